The molecule has 1 rings (SSSR count). The van der Waals surface area contributed by atoms with Crippen LogP contribution in [0.15, 0.2) is 27.6 Å². The number of benzene rings is 1. The average molecular weight is 355 g/mol. The Morgan fingerprint density at radius 3 is 2.63 bits per heavy atom. The number of aliphatic hydroxyl groups excluding tert-OH is 2. The highest BCUT2D eigenvalue weighted by atomic mass is 79.9. The van der Waals surface area contributed by atoms with Crippen LogP contribution in [0.25, 0.3) is 0 Å². The van der Waals surface area contributed by atoms with Crippen molar-refractivity contribution in [3.63, 3.8) is 0 Å². The SMILES string of the molecule is O=[N+]([O-])c1ccc(Br)cc1S(=O)(=O)NCC(O)CO. The highest BCUT2D eigenvalue weighted by molar-refractivity contribution is 9.10. The van der Waals surface area contributed by atoms with E-state index in [1.165, 1.54) is 6.07 Å². The molecule has 1 aromatic rings. The van der Waals surface area contributed by atoms with E-state index in [-0.39, 0.29) is 0 Å². The summed E-state index contributed by atoms with van der Waals surface area (Å²) >= 11 is 3.03. The summed E-state index contributed by atoms with van der Waals surface area (Å²) in [5, 5.41) is 28.5. The normalized spacial score (nSPS) is 13.2. The van der Waals surface area contributed by atoms with E-state index in [1.54, 1.807) is 0 Å². The fraction of sp³-hybridized carbons (Fsp3) is 0.333. The van der Waals surface area contributed by atoms with E-state index >= 15 is 0 Å². The van der Waals surface area contributed by atoms with E-state index < -0.39 is 44.8 Å². The quantitative estimate of drug-likeness (QED) is 0.486. The Balaban J connectivity index is 3.13. The highest BCUT2D eigenvalue weighted by Gasteiger charge is 2.26. The van der Waals surface area contributed by atoms with Gasteiger partial charge in [0.05, 0.1) is 17.6 Å². The molecule has 8 nitrogen and oxygen atoms in total. The van der Waals surface area contributed by atoms with Crippen LogP contribution < -0.4 is 4.72 Å². The molecule has 0 fully saturated rings. The maximum Gasteiger partial charge on any atom is 0.289 e. The van der Waals surface area contributed by atoms with Gasteiger partial charge in [-0.3, -0.25) is 10.1 Å². The molecule has 0 saturated carbocycles. The lowest BCUT2D eigenvalue weighted by Gasteiger charge is -2.10. The monoisotopic (exact) mass is 354 g/mol. The summed E-state index contributed by atoms with van der Waals surface area (Å²) in [6.07, 6.45) is -1.28. The predicted molar refractivity (Wildman–Crippen MR) is 69.1 cm³/mol. The number of aliphatic hydroxyl groups is 2. The molecule has 0 aliphatic rings. The molecule has 3 N–H and O–H groups in total. The molecule has 1 unspecified atom stereocenters. The maximum atomic E-state index is 11.9. The van der Waals surface area contributed by atoms with Crippen LogP contribution in [-0.2, 0) is 10.0 Å². The largest absolute Gasteiger partial charge is 0.394 e. The van der Waals surface area contributed by atoms with Crippen LogP contribution in [0, 0.1) is 10.1 Å². The number of rotatable bonds is 6. The van der Waals surface area contributed by atoms with Crippen molar-refractivity contribution in [3.05, 3.63) is 32.8 Å². The fourth-order valence-corrected chi connectivity index (χ4v) is 2.98. The minimum absolute atomic E-state index is 0.362. The van der Waals surface area contributed by atoms with Crippen molar-refractivity contribution in [1.82, 2.24) is 4.72 Å². The van der Waals surface area contributed by atoms with Crippen LogP contribution >= 0.6 is 15.9 Å². The molecule has 19 heavy (non-hydrogen) atoms. The van der Waals surface area contributed by atoms with Gasteiger partial charge in [-0.1, -0.05) is 15.9 Å². The Hall–Kier alpha value is -1.07. The Kier molecular flexibility index (Phi) is 5.38. The molecule has 0 saturated heterocycles. The molecule has 0 aliphatic heterocycles. The summed E-state index contributed by atoms with van der Waals surface area (Å²) in [7, 11) is -4.16. The summed E-state index contributed by atoms with van der Waals surface area (Å²) in [6, 6.07) is 3.49. The van der Waals surface area contributed by atoms with E-state index in [1.807, 2.05) is 4.72 Å². The van der Waals surface area contributed by atoms with Crippen molar-refractivity contribution < 1.29 is 23.6 Å². The van der Waals surface area contributed by atoms with Gasteiger partial charge in [-0.2, -0.15) is 0 Å². The van der Waals surface area contributed by atoms with Crippen molar-refractivity contribution in [2.24, 2.45) is 0 Å². The third-order valence-electron chi connectivity index (χ3n) is 2.13. The van der Waals surface area contributed by atoms with E-state index in [4.69, 9.17) is 10.2 Å². The Morgan fingerprint density at radius 1 is 1.47 bits per heavy atom. The van der Waals surface area contributed by atoms with Gasteiger partial charge >= 0.3 is 0 Å². The van der Waals surface area contributed by atoms with Crippen LogP contribution in [-0.4, -0.2) is 42.8 Å². The third kappa shape index (κ3) is 4.21. The van der Waals surface area contributed by atoms with Crippen LogP contribution in [0.3, 0.4) is 0 Å². The first-order valence-electron chi connectivity index (χ1n) is 5.00. The molecule has 0 spiro atoms. The first kappa shape index (κ1) is 16.0. The van der Waals surface area contributed by atoms with Crippen LogP contribution in [0.4, 0.5) is 5.69 Å². The van der Waals surface area contributed by atoms with Crippen molar-refractivity contribution >= 4 is 31.6 Å². The van der Waals surface area contributed by atoms with Crippen LogP contribution in [0.1, 0.15) is 0 Å². The molecular weight excluding hydrogens is 344 g/mol. The van der Waals surface area contributed by atoms with Gasteiger partial charge in [0.1, 0.15) is 0 Å². The lowest BCUT2D eigenvalue weighted by molar-refractivity contribution is -0.387. The summed E-state index contributed by atoms with van der Waals surface area (Å²) in [5.41, 5.74) is -0.575. The summed E-state index contributed by atoms with van der Waals surface area (Å²) in [5.74, 6) is 0. The second-order valence-electron chi connectivity index (χ2n) is 3.56. The maximum absolute atomic E-state index is 11.9. The van der Waals surface area contributed by atoms with Gasteiger partial charge in [-0.25, -0.2) is 13.1 Å². The average Bonchev–Trinajstić information content (AvgIpc) is 2.35. The van der Waals surface area contributed by atoms with Gasteiger partial charge in [-0.15, -0.1) is 0 Å². The number of hydrogen-bond acceptors (Lipinski definition) is 6. The summed E-state index contributed by atoms with van der Waals surface area (Å²) in [4.78, 5) is 9.45. The molecule has 10 heteroatoms. The van der Waals surface area contributed by atoms with E-state index in [0.717, 1.165) is 12.1 Å². The molecule has 1 aromatic carbocycles. The van der Waals surface area contributed by atoms with E-state index in [0.29, 0.717) is 4.47 Å². The molecule has 0 heterocycles. The van der Waals surface area contributed by atoms with Gasteiger partial charge in [-0.05, 0) is 12.1 Å². The van der Waals surface area contributed by atoms with E-state index in [2.05, 4.69) is 15.9 Å². The molecule has 0 amide bonds. The van der Waals surface area contributed by atoms with Gasteiger partial charge in [0.2, 0.25) is 10.0 Å². The molecule has 0 aliphatic carbocycles. The number of nitrogens with zero attached hydrogens (tertiary/aromatic N) is 1. The van der Waals surface area contributed by atoms with E-state index in [9.17, 15) is 18.5 Å². The lowest BCUT2D eigenvalue weighted by Crippen LogP contribution is -2.34. The molecule has 1 atom stereocenters. The molecule has 0 aromatic heterocycles. The first-order valence-corrected chi connectivity index (χ1v) is 7.28. The number of sulfonamides is 1. The Labute approximate surface area is 117 Å². The van der Waals surface area contributed by atoms with Gasteiger partial charge in [0.15, 0.2) is 4.90 Å². The van der Waals surface area contributed by atoms with Crippen molar-refractivity contribution in [1.29, 1.82) is 0 Å². The van der Waals surface area contributed by atoms with Crippen molar-refractivity contribution in [2.75, 3.05) is 13.2 Å². The fourth-order valence-electron chi connectivity index (χ4n) is 1.20. The molecule has 0 bridgehead atoms. The zero-order valence-corrected chi connectivity index (χ0v) is 11.9. The first-order chi connectivity index (χ1) is 8.77. The predicted octanol–water partition coefficient (Wildman–Crippen LogP) is -0.0112. The Bertz CT molecular complexity index is 576. The van der Waals surface area contributed by atoms with Crippen molar-refractivity contribution in [2.45, 2.75) is 11.0 Å². The molecule has 106 valence electrons. The minimum atomic E-state index is -4.16. The van der Waals surface area contributed by atoms with Crippen LogP contribution in [0.5, 0.6) is 0 Å². The Morgan fingerprint density at radius 2 is 2.11 bits per heavy atom. The number of nitro groups is 1. The standard InChI is InChI=1S/C9H11BrN2O6S/c10-6-1-2-8(12(15)16)9(3-6)19(17,18)11-4-7(14)5-13/h1-3,7,11,13-14H,4-5H2. The lowest BCUT2D eigenvalue weighted by atomic mass is 10.3. The number of halogens is 1. The smallest absolute Gasteiger partial charge is 0.289 e. The third-order valence-corrected chi connectivity index (χ3v) is 4.07. The second-order valence-corrected chi connectivity index (χ2v) is 6.21. The molecular formula is C9H11BrN2O6S. The van der Waals surface area contributed by atoms with Gasteiger partial charge in [0.25, 0.3) is 5.69 Å². The zero-order valence-electron chi connectivity index (χ0n) is 9.48. The zero-order chi connectivity index (χ0) is 14.6. The minimum Gasteiger partial charge on any atom is -0.394 e. The topological polar surface area (TPSA) is 130 Å². The molecule has 0 radical (unpaired) electrons. The number of nitrogens with one attached hydrogen (secondary N) is 1. The van der Waals surface area contributed by atoms with Crippen LogP contribution in [0.2, 0.25) is 0 Å². The van der Waals surface area contributed by atoms with Gasteiger partial charge < -0.3 is 10.2 Å². The number of hydrogen-bond donors (Lipinski definition) is 3. The highest BCUT2D eigenvalue weighted by Crippen LogP contribution is 2.26. The second kappa shape index (κ2) is 6.39. The number of nitro benzene ring substituents is 1. The summed E-state index contributed by atoms with van der Waals surface area (Å²) < 4.78 is 26.1. The summed E-state index contributed by atoms with van der Waals surface area (Å²) in [6.45, 7) is -1.06. The van der Waals surface area contributed by atoms with Gasteiger partial charge in [0, 0.05) is 17.1 Å². The van der Waals surface area contributed by atoms with Crippen molar-refractivity contribution in [3.8, 4) is 0 Å².